The van der Waals surface area contributed by atoms with Crippen molar-refractivity contribution in [1.82, 2.24) is 24.8 Å². The lowest BCUT2D eigenvalue weighted by Crippen LogP contribution is -2.41. The van der Waals surface area contributed by atoms with Crippen LogP contribution >= 0.6 is 0 Å². The summed E-state index contributed by atoms with van der Waals surface area (Å²) in [5.41, 5.74) is 1.64. The summed E-state index contributed by atoms with van der Waals surface area (Å²) in [6.07, 6.45) is 2.78. The van der Waals surface area contributed by atoms with E-state index in [1.54, 1.807) is 9.58 Å². The molecule has 3 aromatic rings. The number of carbonyl (C=O) groups excluding carboxylic acids is 1. The topological polar surface area (TPSA) is 86.3 Å². The van der Waals surface area contributed by atoms with Crippen LogP contribution < -0.4 is 4.74 Å². The molecule has 28 heavy (non-hydrogen) atoms. The standard InChI is InChI=1S/C20H23N5O3/c1-14-12-17(24(2)22-14)20-21-19(23-28-20)16-10-6-7-11-25(16)18(26)13-27-15-8-4-3-5-9-15/h3-5,8-9,12,16H,6-7,10-11,13H2,1-2H3/t16-/m1/s1. The minimum Gasteiger partial charge on any atom is -0.484 e. The SMILES string of the molecule is Cc1cc(-c2nc([C@H]3CCCCN3C(=O)COc3ccccc3)no2)n(C)n1. The van der Waals surface area contributed by atoms with E-state index in [0.717, 1.165) is 30.7 Å². The molecule has 1 saturated heterocycles. The number of aryl methyl sites for hydroxylation is 2. The Morgan fingerprint density at radius 1 is 1.29 bits per heavy atom. The van der Waals surface area contributed by atoms with Gasteiger partial charge in [0.25, 0.3) is 11.8 Å². The number of aromatic nitrogens is 4. The molecule has 4 rings (SSSR count). The molecule has 8 nitrogen and oxygen atoms in total. The molecule has 1 amide bonds. The van der Waals surface area contributed by atoms with Crippen LogP contribution in [-0.4, -0.2) is 43.9 Å². The number of nitrogens with zero attached hydrogens (tertiary/aromatic N) is 5. The number of hydrogen-bond donors (Lipinski definition) is 0. The first kappa shape index (κ1) is 18.2. The van der Waals surface area contributed by atoms with Crippen molar-refractivity contribution in [2.45, 2.75) is 32.2 Å². The Bertz CT molecular complexity index is 950. The van der Waals surface area contributed by atoms with Gasteiger partial charge >= 0.3 is 0 Å². The van der Waals surface area contributed by atoms with E-state index in [0.29, 0.717) is 24.0 Å². The van der Waals surface area contributed by atoms with Crippen molar-refractivity contribution < 1.29 is 14.1 Å². The molecule has 0 N–H and O–H groups in total. The number of piperidine rings is 1. The number of hydrogen-bond acceptors (Lipinski definition) is 6. The van der Waals surface area contributed by atoms with Crippen LogP contribution in [-0.2, 0) is 11.8 Å². The second kappa shape index (κ2) is 7.84. The van der Waals surface area contributed by atoms with E-state index < -0.39 is 0 Å². The predicted octanol–water partition coefficient (Wildman–Crippen LogP) is 2.91. The highest BCUT2D eigenvalue weighted by Gasteiger charge is 2.32. The maximum Gasteiger partial charge on any atom is 0.276 e. The Labute approximate surface area is 163 Å². The molecule has 1 aromatic carbocycles. The Morgan fingerprint density at radius 2 is 2.11 bits per heavy atom. The first-order valence-electron chi connectivity index (χ1n) is 9.44. The van der Waals surface area contributed by atoms with Gasteiger partial charge in [-0.1, -0.05) is 23.4 Å². The fraction of sp³-hybridized carbons (Fsp3) is 0.400. The highest BCUT2D eigenvalue weighted by atomic mass is 16.5. The summed E-state index contributed by atoms with van der Waals surface area (Å²) in [4.78, 5) is 19.1. The maximum atomic E-state index is 12.8. The van der Waals surface area contributed by atoms with Crippen molar-refractivity contribution >= 4 is 5.91 Å². The average Bonchev–Trinajstić information content (AvgIpc) is 3.33. The Hall–Kier alpha value is -3.16. The van der Waals surface area contributed by atoms with Crippen molar-refractivity contribution in [2.75, 3.05) is 13.2 Å². The van der Waals surface area contributed by atoms with Crippen molar-refractivity contribution in [2.24, 2.45) is 7.05 Å². The molecule has 2 aromatic heterocycles. The largest absolute Gasteiger partial charge is 0.484 e. The van der Waals surface area contributed by atoms with Gasteiger partial charge in [-0.3, -0.25) is 9.48 Å². The van der Waals surface area contributed by atoms with Crippen LogP contribution in [0.3, 0.4) is 0 Å². The first-order chi connectivity index (χ1) is 13.6. The molecular formula is C20H23N5O3. The van der Waals surface area contributed by atoms with Crippen LogP contribution in [0.1, 0.15) is 36.8 Å². The first-order valence-corrected chi connectivity index (χ1v) is 9.44. The summed E-state index contributed by atoms with van der Waals surface area (Å²) in [7, 11) is 1.84. The number of carbonyl (C=O) groups is 1. The molecule has 0 saturated carbocycles. The molecule has 0 bridgehead atoms. The quantitative estimate of drug-likeness (QED) is 0.675. The fourth-order valence-corrected chi connectivity index (χ4v) is 3.53. The molecule has 3 heterocycles. The van der Waals surface area contributed by atoms with Gasteiger partial charge in [0.05, 0.1) is 11.7 Å². The van der Waals surface area contributed by atoms with Crippen LogP contribution in [0.15, 0.2) is 40.9 Å². The third kappa shape index (κ3) is 3.76. The van der Waals surface area contributed by atoms with E-state index in [1.807, 2.05) is 50.4 Å². The second-order valence-corrected chi connectivity index (χ2v) is 6.95. The van der Waals surface area contributed by atoms with Gasteiger partial charge in [-0.25, -0.2) is 0 Å². The van der Waals surface area contributed by atoms with Crippen LogP contribution in [0.5, 0.6) is 5.75 Å². The highest BCUT2D eigenvalue weighted by molar-refractivity contribution is 5.78. The van der Waals surface area contributed by atoms with Crippen LogP contribution in [0, 0.1) is 6.92 Å². The zero-order chi connectivity index (χ0) is 19.5. The number of para-hydroxylation sites is 1. The molecule has 1 fully saturated rings. The molecule has 8 heteroatoms. The van der Waals surface area contributed by atoms with Crippen LogP contribution in [0.4, 0.5) is 0 Å². The summed E-state index contributed by atoms with van der Waals surface area (Å²) in [5.74, 6) is 1.55. The van der Waals surface area contributed by atoms with E-state index in [1.165, 1.54) is 0 Å². The fourth-order valence-electron chi connectivity index (χ4n) is 3.53. The smallest absolute Gasteiger partial charge is 0.276 e. The molecule has 146 valence electrons. The molecule has 1 aliphatic rings. The van der Waals surface area contributed by atoms with E-state index in [2.05, 4.69) is 15.2 Å². The maximum absolute atomic E-state index is 12.8. The summed E-state index contributed by atoms with van der Waals surface area (Å²) >= 11 is 0. The normalized spacial score (nSPS) is 16.9. The lowest BCUT2D eigenvalue weighted by molar-refractivity contribution is -0.137. The molecule has 1 aliphatic heterocycles. The van der Waals surface area contributed by atoms with E-state index in [-0.39, 0.29) is 18.6 Å². The number of rotatable bonds is 5. The Kier molecular flexibility index (Phi) is 5.10. The van der Waals surface area contributed by atoms with Crippen molar-refractivity contribution in [1.29, 1.82) is 0 Å². The lowest BCUT2D eigenvalue weighted by Gasteiger charge is -2.33. The molecule has 1 atom stereocenters. The van der Waals surface area contributed by atoms with Gasteiger partial charge in [-0.2, -0.15) is 10.1 Å². The van der Waals surface area contributed by atoms with Gasteiger partial charge in [0.15, 0.2) is 12.4 Å². The Morgan fingerprint density at radius 3 is 2.86 bits per heavy atom. The van der Waals surface area contributed by atoms with Crippen LogP contribution in [0.2, 0.25) is 0 Å². The zero-order valence-corrected chi connectivity index (χ0v) is 16.0. The van der Waals surface area contributed by atoms with Gasteiger partial charge in [-0.15, -0.1) is 0 Å². The third-order valence-corrected chi connectivity index (χ3v) is 4.89. The minimum atomic E-state index is -0.201. The second-order valence-electron chi connectivity index (χ2n) is 6.95. The van der Waals surface area contributed by atoms with Crippen molar-refractivity contribution in [3.8, 4) is 17.3 Å². The summed E-state index contributed by atoms with van der Waals surface area (Å²) in [6, 6.07) is 11.0. The summed E-state index contributed by atoms with van der Waals surface area (Å²) < 4.78 is 12.8. The lowest BCUT2D eigenvalue weighted by atomic mass is 10.0. The van der Waals surface area contributed by atoms with Gasteiger partial charge in [0, 0.05) is 13.6 Å². The molecule has 0 aliphatic carbocycles. The van der Waals surface area contributed by atoms with E-state index in [9.17, 15) is 4.79 Å². The number of benzene rings is 1. The molecule has 0 spiro atoms. The van der Waals surface area contributed by atoms with Crippen LogP contribution in [0.25, 0.3) is 11.6 Å². The zero-order valence-electron chi connectivity index (χ0n) is 16.0. The Balaban J connectivity index is 1.49. The summed E-state index contributed by atoms with van der Waals surface area (Å²) in [5, 5.41) is 8.47. The molecular weight excluding hydrogens is 358 g/mol. The van der Waals surface area contributed by atoms with Crippen molar-refractivity contribution in [3.63, 3.8) is 0 Å². The third-order valence-electron chi connectivity index (χ3n) is 4.89. The van der Waals surface area contributed by atoms with Gasteiger partial charge < -0.3 is 14.2 Å². The van der Waals surface area contributed by atoms with Gasteiger partial charge in [0.2, 0.25) is 0 Å². The predicted molar refractivity (Wildman–Crippen MR) is 101 cm³/mol. The van der Waals surface area contributed by atoms with Gasteiger partial charge in [-0.05, 0) is 44.4 Å². The average molecular weight is 381 g/mol. The minimum absolute atomic E-state index is 0.00779. The molecule has 0 radical (unpaired) electrons. The number of amides is 1. The van der Waals surface area contributed by atoms with Crippen molar-refractivity contribution in [3.05, 3.63) is 47.9 Å². The number of ether oxygens (including phenoxy) is 1. The molecule has 0 unspecified atom stereocenters. The summed E-state index contributed by atoms with van der Waals surface area (Å²) in [6.45, 7) is 2.57. The highest BCUT2D eigenvalue weighted by Crippen LogP contribution is 2.31. The van der Waals surface area contributed by atoms with E-state index in [4.69, 9.17) is 9.26 Å². The monoisotopic (exact) mass is 381 g/mol. The van der Waals surface area contributed by atoms with Gasteiger partial charge in [0.1, 0.15) is 11.4 Å². The van der Waals surface area contributed by atoms with E-state index >= 15 is 0 Å². The number of likely N-dealkylation sites (tertiary alicyclic amines) is 1.